The molecule has 0 heterocycles. The Kier molecular flexibility index (Phi) is 6.35. The number of carbonyl (C=O) groups is 2. The Labute approximate surface area is 145 Å². The summed E-state index contributed by atoms with van der Waals surface area (Å²) in [6.45, 7) is 0. The fraction of sp³-hybridized carbons (Fsp3) is 0.222. The van der Waals surface area contributed by atoms with Crippen molar-refractivity contribution in [1.82, 2.24) is 5.32 Å². The van der Waals surface area contributed by atoms with Crippen LogP contribution in [0.3, 0.4) is 0 Å². The molecule has 2 aromatic carbocycles. The molecule has 0 saturated heterocycles. The summed E-state index contributed by atoms with van der Waals surface area (Å²) in [7, 11) is 1.41. The Balaban J connectivity index is 2.11. The minimum absolute atomic E-state index is 0.132. The second-order valence-electron chi connectivity index (χ2n) is 5.26. The van der Waals surface area contributed by atoms with Crippen LogP contribution in [0.4, 0.5) is 0 Å². The molecular weight excluding hydrogens is 330 g/mol. The Bertz CT molecular complexity index is 705. The van der Waals surface area contributed by atoms with Gasteiger partial charge in [-0.1, -0.05) is 54.1 Å². The minimum atomic E-state index is -1.12. The topological polar surface area (TPSA) is 75.6 Å². The number of benzene rings is 2. The monoisotopic (exact) mass is 347 g/mol. The molecule has 0 spiro atoms. The van der Waals surface area contributed by atoms with Crippen molar-refractivity contribution in [3.05, 3.63) is 70.7 Å². The molecule has 6 heteroatoms. The van der Waals surface area contributed by atoms with E-state index in [9.17, 15) is 14.7 Å². The normalized spacial score (nSPS) is 13.1. The van der Waals surface area contributed by atoms with E-state index in [1.165, 1.54) is 7.11 Å². The lowest BCUT2D eigenvalue weighted by Crippen LogP contribution is -2.44. The number of nitrogens with one attached hydrogen (secondary N) is 1. The van der Waals surface area contributed by atoms with Crippen LogP contribution in [0.25, 0.3) is 0 Å². The number of halogens is 1. The molecule has 2 rings (SSSR count). The number of carboxylic acid groups (broad SMARTS) is 1. The molecule has 0 saturated carbocycles. The Morgan fingerprint density at radius 2 is 1.88 bits per heavy atom. The standard InChI is InChI=1S/C18H18ClNO4/c1-24-16(13-7-3-2-4-8-13)17(21)20-15(18(22)23)11-12-6-5-9-14(19)10-12/h2-10,15-16H,11H2,1H3,(H,20,21)(H,22,23)/t15-,16-/m1/s1. The molecule has 2 atom stereocenters. The molecule has 0 aliphatic heterocycles. The Hall–Kier alpha value is -2.37. The van der Waals surface area contributed by atoms with Gasteiger partial charge in [-0.3, -0.25) is 4.79 Å². The summed E-state index contributed by atoms with van der Waals surface area (Å²) in [5.41, 5.74) is 1.38. The zero-order valence-electron chi connectivity index (χ0n) is 13.1. The van der Waals surface area contributed by atoms with Gasteiger partial charge in [0.2, 0.25) is 0 Å². The average Bonchev–Trinajstić information content (AvgIpc) is 2.56. The molecule has 0 aliphatic carbocycles. The van der Waals surface area contributed by atoms with E-state index in [1.807, 2.05) is 6.07 Å². The van der Waals surface area contributed by atoms with E-state index in [-0.39, 0.29) is 6.42 Å². The molecule has 0 aromatic heterocycles. The molecule has 24 heavy (non-hydrogen) atoms. The maximum absolute atomic E-state index is 12.4. The lowest BCUT2D eigenvalue weighted by Gasteiger charge is -2.20. The van der Waals surface area contributed by atoms with Crippen molar-refractivity contribution in [1.29, 1.82) is 0 Å². The maximum atomic E-state index is 12.4. The highest BCUT2D eigenvalue weighted by Crippen LogP contribution is 2.17. The summed E-state index contributed by atoms with van der Waals surface area (Å²) in [5.74, 6) is -1.62. The molecule has 2 aromatic rings. The van der Waals surface area contributed by atoms with Crippen molar-refractivity contribution in [3.63, 3.8) is 0 Å². The molecule has 1 amide bonds. The van der Waals surface area contributed by atoms with Crippen LogP contribution in [-0.2, 0) is 20.7 Å². The summed E-state index contributed by atoms with van der Waals surface area (Å²) >= 11 is 5.91. The molecule has 126 valence electrons. The highest BCUT2D eigenvalue weighted by atomic mass is 35.5. The number of carboxylic acids is 1. The summed E-state index contributed by atoms with van der Waals surface area (Å²) < 4.78 is 5.22. The van der Waals surface area contributed by atoms with Crippen molar-refractivity contribution in [2.45, 2.75) is 18.6 Å². The predicted molar refractivity (Wildman–Crippen MR) is 90.9 cm³/mol. The molecule has 0 bridgehead atoms. The summed E-state index contributed by atoms with van der Waals surface area (Å²) in [5, 5.41) is 12.4. The van der Waals surface area contributed by atoms with Gasteiger partial charge in [-0.2, -0.15) is 0 Å². The van der Waals surface area contributed by atoms with E-state index < -0.39 is 24.0 Å². The number of methoxy groups -OCH3 is 1. The third-order valence-corrected chi connectivity index (χ3v) is 3.75. The number of aliphatic carboxylic acids is 1. The predicted octanol–water partition coefficient (Wildman–Crippen LogP) is 2.84. The first-order valence-electron chi connectivity index (χ1n) is 7.36. The van der Waals surface area contributed by atoms with Crippen molar-refractivity contribution < 1.29 is 19.4 Å². The van der Waals surface area contributed by atoms with E-state index in [1.54, 1.807) is 48.5 Å². The third kappa shape index (κ3) is 4.81. The molecular formula is C18H18ClNO4. The van der Waals surface area contributed by atoms with Gasteiger partial charge in [0, 0.05) is 18.6 Å². The van der Waals surface area contributed by atoms with Crippen molar-refractivity contribution in [3.8, 4) is 0 Å². The summed E-state index contributed by atoms with van der Waals surface area (Å²) in [6.07, 6.45) is -0.736. The first-order valence-corrected chi connectivity index (χ1v) is 7.74. The fourth-order valence-electron chi connectivity index (χ4n) is 2.37. The smallest absolute Gasteiger partial charge is 0.326 e. The van der Waals surface area contributed by atoms with Crippen LogP contribution in [0.1, 0.15) is 17.2 Å². The molecule has 0 fully saturated rings. The first kappa shape index (κ1) is 18.0. The highest BCUT2D eigenvalue weighted by Gasteiger charge is 2.26. The van der Waals surface area contributed by atoms with Crippen LogP contribution in [0, 0.1) is 0 Å². The first-order chi connectivity index (χ1) is 11.5. The average molecular weight is 348 g/mol. The minimum Gasteiger partial charge on any atom is -0.480 e. The van der Waals surface area contributed by atoms with Gasteiger partial charge in [-0.15, -0.1) is 0 Å². The van der Waals surface area contributed by atoms with Gasteiger partial charge in [0.15, 0.2) is 6.10 Å². The fourth-order valence-corrected chi connectivity index (χ4v) is 2.58. The number of rotatable bonds is 7. The Morgan fingerprint density at radius 1 is 1.17 bits per heavy atom. The molecule has 2 N–H and O–H groups in total. The van der Waals surface area contributed by atoms with Gasteiger partial charge < -0.3 is 15.2 Å². The molecule has 0 aliphatic rings. The van der Waals surface area contributed by atoms with E-state index in [0.29, 0.717) is 10.6 Å². The van der Waals surface area contributed by atoms with Gasteiger partial charge >= 0.3 is 5.97 Å². The second-order valence-corrected chi connectivity index (χ2v) is 5.70. The van der Waals surface area contributed by atoms with Crippen molar-refractivity contribution in [2.75, 3.05) is 7.11 Å². The van der Waals surface area contributed by atoms with E-state index in [0.717, 1.165) is 5.56 Å². The van der Waals surface area contributed by atoms with Gasteiger partial charge in [0.1, 0.15) is 6.04 Å². The summed E-state index contributed by atoms with van der Waals surface area (Å²) in [4.78, 5) is 23.9. The van der Waals surface area contributed by atoms with Crippen LogP contribution >= 0.6 is 11.6 Å². The number of ether oxygens (including phenoxy) is 1. The van der Waals surface area contributed by atoms with Crippen molar-refractivity contribution >= 4 is 23.5 Å². The number of carbonyl (C=O) groups excluding carboxylic acids is 1. The largest absolute Gasteiger partial charge is 0.480 e. The van der Waals surface area contributed by atoms with Crippen LogP contribution in [0.5, 0.6) is 0 Å². The zero-order valence-corrected chi connectivity index (χ0v) is 13.9. The Morgan fingerprint density at radius 3 is 2.46 bits per heavy atom. The number of hydrogen-bond donors (Lipinski definition) is 2. The van der Waals surface area contributed by atoms with Gasteiger partial charge in [-0.05, 0) is 23.3 Å². The second kappa shape index (κ2) is 8.47. The SMILES string of the molecule is CO[C@@H](C(=O)N[C@H](Cc1cccc(Cl)c1)C(=O)O)c1ccccc1. The van der Waals surface area contributed by atoms with Crippen LogP contribution < -0.4 is 5.32 Å². The van der Waals surface area contributed by atoms with Gasteiger partial charge in [-0.25, -0.2) is 4.79 Å². The highest BCUT2D eigenvalue weighted by molar-refractivity contribution is 6.30. The van der Waals surface area contributed by atoms with Crippen LogP contribution in [-0.4, -0.2) is 30.1 Å². The van der Waals surface area contributed by atoms with Gasteiger partial charge in [0.05, 0.1) is 0 Å². The third-order valence-electron chi connectivity index (χ3n) is 3.52. The van der Waals surface area contributed by atoms with Crippen LogP contribution in [0.2, 0.25) is 5.02 Å². The van der Waals surface area contributed by atoms with Gasteiger partial charge in [0.25, 0.3) is 5.91 Å². The number of amides is 1. The van der Waals surface area contributed by atoms with E-state index in [4.69, 9.17) is 16.3 Å². The zero-order chi connectivity index (χ0) is 17.5. The maximum Gasteiger partial charge on any atom is 0.326 e. The lowest BCUT2D eigenvalue weighted by molar-refractivity contribution is -0.144. The summed E-state index contributed by atoms with van der Waals surface area (Å²) in [6, 6.07) is 14.7. The number of hydrogen-bond acceptors (Lipinski definition) is 3. The molecule has 0 unspecified atom stereocenters. The lowest BCUT2D eigenvalue weighted by atomic mass is 10.0. The quantitative estimate of drug-likeness (QED) is 0.807. The van der Waals surface area contributed by atoms with Crippen molar-refractivity contribution in [2.24, 2.45) is 0 Å². The van der Waals surface area contributed by atoms with Crippen LogP contribution in [0.15, 0.2) is 54.6 Å². The van der Waals surface area contributed by atoms with E-state index in [2.05, 4.69) is 5.32 Å². The molecule has 5 nitrogen and oxygen atoms in total. The van der Waals surface area contributed by atoms with E-state index >= 15 is 0 Å². The molecule has 0 radical (unpaired) electrons.